The Labute approximate surface area is 117 Å². The van der Waals surface area contributed by atoms with E-state index in [4.69, 9.17) is 4.74 Å². The summed E-state index contributed by atoms with van der Waals surface area (Å²) in [6.07, 6.45) is 0.833. The van der Waals surface area contributed by atoms with Crippen LogP contribution < -0.4 is 0 Å². The van der Waals surface area contributed by atoms with Crippen LogP contribution >= 0.6 is 0 Å². The normalized spacial score (nSPS) is 16.1. The molecule has 1 heterocycles. The van der Waals surface area contributed by atoms with Crippen LogP contribution in [0, 0.1) is 0 Å². The molecule has 0 bridgehead atoms. The first-order valence-electron chi connectivity index (χ1n) is 6.85. The number of phenolic OH excluding ortho intramolecular Hbond substituents is 1. The Morgan fingerprint density at radius 3 is 2.85 bits per heavy atom. The Kier molecular flexibility index (Phi) is 3.56. The number of carbonyl (C=O) groups is 1. The summed E-state index contributed by atoms with van der Waals surface area (Å²) >= 11 is 0. The zero-order valence-corrected chi connectivity index (χ0v) is 11.2. The fourth-order valence-electron chi connectivity index (χ4n) is 2.55. The molecule has 1 amide bonds. The lowest BCUT2D eigenvalue weighted by Crippen LogP contribution is -2.33. The lowest BCUT2D eigenvalue weighted by atomic mass is 10.0. The summed E-state index contributed by atoms with van der Waals surface area (Å²) in [4.78, 5) is 14.3. The number of phenols is 1. The standard InChI is InChI=1S/C16H17NO3/c18-15-13-5-2-1-4-12(13)6-7-14(15)16(19)17-8-3-10-20-11-9-17/h1-2,4-7,18H,3,8-11H2. The third-order valence-corrected chi connectivity index (χ3v) is 3.64. The SMILES string of the molecule is O=C(c1ccc2ccccc2c1O)N1CCCOCC1. The number of hydrogen-bond donors (Lipinski definition) is 1. The minimum absolute atomic E-state index is 0.0678. The number of carbonyl (C=O) groups excluding carboxylic acids is 1. The van der Waals surface area contributed by atoms with E-state index in [1.807, 2.05) is 30.3 Å². The molecule has 1 N–H and O–H groups in total. The Morgan fingerprint density at radius 1 is 1.10 bits per heavy atom. The van der Waals surface area contributed by atoms with Gasteiger partial charge in [0.25, 0.3) is 5.91 Å². The van der Waals surface area contributed by atoms with Crippen LogP contribution in [0.1, 0.15) is 16.8 Å². The molecular weight excluding hydrogens is 254 g/mol. The average molecular weight is 271 g/mol. The highest BCUT2D eigenvalue weighted by Gasteiger charge is 2.21. The van der Waals surface area contributed by atoms with Crippen LogP contribution in [0.25, 0.3) is 10.8 Å². The molecule has 1 fully saturated rings. The van der Waals surface area contributed by atoms with Crippen LogP contribution in [0.2, 0.25) is 0 Å². The van der Waals surface area contributed by atoms with Gasteiger partial charge >= 0.3 is 0 Å². The monoisotopic (exact) mass is 271 g/mol. The summed E-state index contributed by atoms with van der Waals surface area (Å²) in [5.41, 5.74) is 0.366. The molecule has 0 atom stereocenters. The molecule has 0 aromatic heterocycles. The quantitative estimate of drug-likeness (QED) is 0.866. The summed E-state index contributed by atoms with van der Waals surface area (Å²) < 4.78 is 5.35. The smallest absolute Gasteiger partial charge is 0.257 e. The molecule has 2 aromatic rings. The summed E-state index contributed by atoms with van der Waals surface area (Å²) in [5, 5.41) is 12.0. The maximum atomic E-state index is 12.5. The molecule has 104 valence electrons. The van der Waals surface area contributed by atoms with Gasteiger partial charge in [-0.1, -0.05) is 30.3 Å². The molecule has 20 heavy (non-hydrogen) atoms. The minimum Gasteiger partial charge on any atom is -0.506 e. The maximum absolute atomic E-state index is 12.5. The largest absolute Gasteiger partial charge is 0.506 e. The Balaban J connectivity index is 1.96. The average Bonchev–Trinajstić information content (AvgIpc) is 2.76. The molecule has 3 rings (SSSR count). The first kappa shape index (κ1) is 12.9. The lowest BCUT2D eigenvalue weighted by Gasteiger charge is -2.20. The third-order valence-electron chi connectivity index (χ3n) is 3.64. The van der Waals surface area contributed by atoms with E-state index < -0.39 is 0 Å². The van der Waals surface area contributed by atoms with Gasteiger partial charge in [-0.05, 0) is 17.9 Å². The summed E-state index contributed by atoms with van der Waals surface area (Å²) in [7, 11) is 0. The maximum Gasteiger partial charge on any atom is 0.257 e. The van der Waals surface area contributed by atoms with E-state index in [1.165, 1.54) is 0 Å². The van der Waals surface area contributed by atoms with Crippen molar-refractivity contribution in [3.05, 3.63) is 42.0 Å². The number of nitrogens with zero attached hydrogens (tertiary/aromatic N) is 1. The molecule has 4 nitrogen and oxygen atoms in total. The molecule has 0 spiro atoms. The second-order valence-corrected chi connectivity index (χ2v) is 4.94. The van der Waals surface area contributed by atoms with Crippen molar-refractivity contribution >= 4 is 16.7 Å². The van der Waals surface area contributed by atoms with E-state index in [0.29, 0.717) is 37.3 Å². The zero-order chi connectivity index (χ0) is 13.9. The molecule has 1 saturated heterocycles. The molecule has 0 unspecified atom stereocenters. The summed E-state index contributed by atoms with van der Waals surface area (Å²) in [5.74, 6) is -0.0583. The van der Waals surface area contributed by atoms with Crippen molar-refractivity contribution in [3.8, 4) is 5.75 Å². The van der Waals surface area contributed by atoms with Crippen molar-refractivity contribution in [2.75, 3.05) is 26.3 Å². The second-order valence-electron chi connectivity index (χ2n) is 4.94. The Bertz CT molecular complexity index is 631. The van der Waals surface area contributed by atoms with Crippen LogP contribution in [0.15, 0.2) is 36.4 Å². The molecule has 1 aliphatic rings. The van der Waals surface area contributed by atoms with Gasteiger partial charge in [-0.15, -0.1) is 0 Å². The van der Waals surface area contributed by atoms with Crippen molar-refractivity contribution < 1.29 is 14.6 Å². The van der Waals surface area contributed by atoms with Gasteiger partial charge < -0.3 is 14.7 Å². The third kappa shape index (κ3) is 2.34. The van der Waals surface area contributed by atoms with Crippen LogP contribution in [0.4, 0.5) is 0 Å². The van der Waals surface area contributed by atoms with Gasteiger partial charge in [0.2, 0.25) is 0 Å². The highest BCUT2D eigenvalue weighted by molar-refractivity contribution is 6.03. The van der Waals surface area contributed by atoms with E-state index >= 15 is 0 Å². The first-order valence-corrected chi connectivity index (χ1v) is 6.85. The molecule has 4 heteroatoms. The highest BCUT2D eigenvalue weighted by Crippen LogP contribution is 2.29. The predicted octanol–water partition coefficient (Wildman–Crippen LogP) is 2.41. The van der Waals surface area contributed by atoms with Gasteiger partial charge in [0.05, 0.1) is 12.2 Å². The molecule has 0 aliphatic carbocycles. The number of hydrogen-bond acceptors (Lipinski definition) is 3. The van der Waals surface area contributed by atoms with Gasteiger partial charge in [0.15, 0.2) is 0 Å². The van der Waals surface area contributed by atoms with Crippen molar-refractivity contribution in [2.24, 2.45) is 0 Å². The van der Waals surface area contributed by atoms with E-state index in [1.54, 1.807) is 11.0 Å². The zero-order valence-electron chi connectivity index (χ0n) is 11.2. The molecule has 0 saturated carbocycles. The lowest BCUT2D eigenvalue weighted by molar-refractivity contribution is 0.0738. The van der Waals surface area contributed by atoms with Crippen molar-refractivity contribution in [2.45, 2.75) is 6.42 Å². The van der Waals surface area contributed by atoms with Crippen molar-refractivity contribution in [1.82, 2.24) is 4.90 Å². The number of amides is 1. The van der Waals surface area contributed by atoms with Gasteiger partial charge in [-0.3, -0.25) is 4.79 Å². The molecule has 0 radical (unpaired) electrons. The van der Waals surface area contributed by atoms with Crippen LogP contribution in [0.5, 0.6) is 5.75 Å². The Morgan fingerprint density at radius 2 is 1.95 bits per heavy atom. The first-order chi connectivity index (χ1) is 9.77. The van der Waals surface area contributed by atoms with E-state index in [-0.39, 0.29) is 11.7 Å². The van der Waals surface area contributed by atoms with E-state index in [0.717, 1.165) is 11.8 Å². The van der Waals surface area contributed by atoms with Crippen LogP contribution in [-0.4, -0.2) is 42.2 Å². The minimum atomic E-state index is -0.126. The van der Waals surface area contributed by atoms with Gasteiger partial charge in [-0.2, -0.15) is 0 Å². The van der Waals surface area contributed by atoms with Crippen LogP contribution in [-0.2, 0) is 4.74 Å². The molecule has 1 aliphatic heterocycles. The van der Waals surface area contributed by atoms with Crippen LogP contribution in [0.3, 0.4) is 0 Å². The van der Waals surface area contributed by atoms with Gasteiger partial charge in [0.1, 0.15) is 5.75 Å². The Hall–Kier alpha value is -2.07. The second kappa shape index (κ2) is 5.51. The number of benzene rings is 2. The number of ether oxygens (including phenoxy) is 1. The topological polar surface area (TPSA) is 49.8 Å². The van der Waals surface area contributed by atoms with E-state index in [2.05, 4.69) is 0 Å². The number of aromatic hydroxyl groups is 1. The highest BCUT2D eigenvalue weighted by atomic mass is 16.5. The molecular formula is C16H17NO3. The van der Waals surface area contributed by atoms with Gasteiger partial charge in [-0.25, -0.2) is 0 Å². The van der Waals surface area contributed by atoms with Gasteiger partial charge in [0, 0.05) is 25.1 Å². The van der Waals surface area contributed by atoms with Crippen molar-refractivity contribution in [1.29, 1.82) is 0 Å². The fourth-order valence-corrected chi connectivity index (χ4v) is 2.55. The van der Waals surface area contributed by atoms with Crippen molar-refractivity contribution in [3.63, 3.8) is 0 Å². The summed E-state index contributed by atoms with van der Waals surface area (Å²) in [6, 6.07) is 11.1. The molecule has 2 aromatic carbocycles. The number of fused-ring (bicyclic) bond motifs is 1. The fraction of sp³-hybridized carbons (Fsp3) is 0.312. The number of rotatable bonds is 1. The summed E-state index contributed by atoms with van der Waals surface area (Å²) in [6.45, 7) is 2.49. The predicted molar refractivity (Wildman–Crippen MR) is 77.0 cm³/mol. The van der Waals surface area contributed by atoms with E-state index in [9.17, 15) is 9.90 Å².